The average molecular weight is 226 g/mol. The molecule has 0 bridgehead atoms. The first-order valence-corrected chi connectivity index (χ1v) is 6.96. The van der Waals surface area contributed by atoms with Gasteiger partial charge in [-0.1, -0.05) is 0 Å². The summed E-state index contributed by atoms with van der Waals surface area (Å²) in [6, 6.07) is 0.458. The van der Waals surface area contributed by atoms with Gasteiger partial charge < -0.3 is 10.4 Å². The molecule has 1 aliphatic heterocycles. The fraction of sp³-hybridized carbons (Fsp3) is 1.00. The van der Waals surface area contributed by atoms with Crippen LogP contribution >= 0.6 is 0 Å². The Balaban J connectivity index is 1.44. The van der Waals surface area contributed by atoms with Gasteiger partial charge in [-0.05, 0) is 70.6 Å². The Bertz CT molecular complexity index is 194. The van der Waals surface area contributed by atoms with Gasteiger partial charge in [-0.2, -0.15) is 0 Å². The van der Waals surface area contributed by atoms with Crippen molar-refractivity contribution in [2.75, 3.05) is 32.8 Å². The van der Waals surface area contributed by atoms with Crippen molar-refractivity contribution >= 4 is 0 Å². The Kier molecular flexibility index (Phi) is 5.07. The Hall–Kier alpha value is -0.120. The maximum absolute atomic E-state index is 9.19. The molecule has 3 nitrogen and oxygen atoms in total. The topological polar surface area (TPSA) is 35.5 Å². The van der Waals surface area contributed by atoms with E-state index < -0.39 is 0 Å². The third kappa shape index (κ3) is 4.04. The van der Waals surface area contributed by atoms with Gasteiger partial charge in [0.2, 0.25) is 0 Å². The minimum atomic E-state index is 0.347. The van der Waals surface area contributed by atoms with E-state index in [4.69, 9.17) is 0 Å². The van der Waals surface area contributed by atoms with Crippen molar-refractivity contribution in [1.82, 2.24) is 10.2 Å². The molecule has 2 aliphatic rings. The zero-order chi connectivity index (χ0) is 11.2. The second-order valence-corrected chi connectivity index (χ2v) is 5.37. The third-order valence-corrected chi connectivity index (χ3v) is 3.89. The highest BCUT2D eigenvalue weighted by atomic mass is 16.3. The number of nitrogens with one attached hydrogen (secondary N) is 1. The van der Waals surface area contributed by atoms with Crippen molar-refractivity contribution in [3.63, 3.8) is 0 Å². The second-order valence-electron chi connectivity index (χ2n) is 5.37. The molecule has 1 atom stereocenters. The number of hydrogen-bond donors (Lipinski definition) is 2. The SMILES string of the molecule is OCC1CCCN1CCCCNCC1CC1. The minimum absolute atomic E-state index is 0.347. The van der Waals surface area contributed by atoms with Crippen LogP contribution in [0.2, 0.25) is 0 Å². The van der Waals surface area contributed by atoms with Gasteiger partial charge in [0.15, 0.2) is 0 Å². The smallest absolute Gasteiger partial charge is 0.0586 e. The maximum Gasteiger partial charge on any atom is 0.0586 e. The summed E-state index contributed by atoms with van der Waals surface area (Å²) in [4.78, 5) is 2.46. The van der Waals surface area contributed by atoms with E-state index in [1.165, 1.54) is 64.7 Å². The van der Waals surface area contributed by atoms with E-state index in [1.54, 1.807) is 0 Å². The quantitative estimate of drug-likeness (QED) is 0.611. The molecule has 0 aromatic carbocycles. The molecule has 1 aliphatic carbocycles. The van der Waals surface area contributed by atoms with Crippen molar-refractivity contribution in [3.05, 3.63) is 0 Å². The van der Waals surface area contributed by atoms with Gasteiger partial charge in [0.25, 0.3) is 0 Å². The Labute approximate surface area is 99.2 Å². The molecule has 0 radical (unpaired) electrons. The number of rotatable bonds is 8. The van der Waals surface area contributed by atoms with Crippen molar-refractivity contribution in [2.45, 2.75) is 44.6 Å². The molecular weight excluding hydrogens is 200 g/mol. The van der Waals surface area contributed by atoms with Gasteiger partial charge >= 0.3 is 0 Å². The molecule has 1 heterocycles. The molecule has 1 unspecified atom stereocenters. The molecule has 0 aromatic rings. The van der Waals surface area contributed by atoms with Crippen LogP contribution < -0.4 is 5.32 Å². The lowest BCUT2D eigenvalue weighted by molar-refractivity contribution is 0.157. The minimum Gasteiger partial charge on any atom is -0.395 e. The van der Waals surface area contributed by atoms with Crippen LogP contribution in [-0.4, -0.2) is 48.8 Å². The highest BCUT2D eigenvalue weighted by Gasteiger charge is 2.22. The van der Waals surface area contributed by atoms with Crippen LogP contribution in [0.5, 0.6) is 0 Å². The molecule has 0 amide bonds. The Morgan fingerprint density at radius 1 is 1.19 bits per heavy atom. The lowest BCUT2D eigenvalue weighted by atomic mass is 10.2. The lowest BCUT2D eigenvalue weighted by Gasteiger charge is -2.22. The molecule has 1 saturated heterocycles. The first-order chi connectivity index (χ1) is 7.90. The third-order valence-electron chi connectivity index (χ3n) is 3.89. The van der Waals surface area contributed by atoms with Gasteiger partial charge in [-0.15, -0.1) is 0 Å². The molecule has 94 valence electrons. The Morgan fingerprint density at radius 3 is 2.81 bits per heavy atom. The molecule has 2 rings (SSSR count). The summed E-state index contributed by atoms with van der Waals surface area (Å²) in [5.74, 6) is 0.998. The molecule has 16 heavy (non-hydrogen) atoms. The summed E-state index contributed by atoms with van der Waals surface area (Å²) in [6.45, 7) is 5.13. The van der Waals surface area contributed by atoms with Gasteiger partial charge in [-0.3, -0.25) is 4.90 Å². The van der Waals surface area contributed by atoms with E-state index in [9.17, 15) is 5.11 Å². The van der Waals surface area contributed by atoms with Gasteiger partial charge in [-0.25, -0.2) is 0 Å². The first-order valence-electron chi connectivity index (χ1n) is 6.96. The largest absolute Gasteiger partial charge is 0.395 e. The van der Waals surface area contributed by atoms with E-state index in [1.807, 2.05) is 0 Å². The van der Waals surface area contributed by atoms with Crippen LogP contribution in [0.15, 0.2) is 0 Å². The van der Waals surface area contributed by atoms with Crippen LogP contribution in [0.25, 0.3) is 0 Å². The van der Waals surface area contributed by atoms with Gasteiger partial charge in [0.05, 0.1) is 6.61 Å². The Morgan fingerprint density at radius 2 is 2.06 bits per heavy atom. The maximum atomic E-state index is 9.19. The number of likely N-dealkylation sites (tertiary alicyclic amines) is 1. The summed E-state index contributed by atoms with van der Waals surface area (Å²) in [5, 5.41) is 12.7. The number of nitrogens with zero attached hydrogens (tertiary/aromatic N) is 1. The predicted molar refractivity (Wildman–Crippen MR) is 66.5 cm³/mol. The van der Waals surface area contributed by atoms with Crippen LogP contribution in [0, 0.1) is 5.92 Å². The molecule has 1 saturated carbocycles. The van der Waals surface area contributed by atoms with Gasteiger partial charge in [0.1, 0.15) is 0 Å². The van der Waals surface area contributed by atoms with Crippen molar-refractivity contribution in [1.29, 1.82) is 0 Å². The monoisotopic (exact) mass is 226 g/mol. The zero-order valence-corrected chi connectivity index (χ0v) is 10.3. The normalized spacial score (nSPS) is 26.4. The number of unbranched alkanes of at least 4 members (excludes halogenated alkanes) is 1. The van der Waals surface area contributed by atoms with Crippen molar-refractivity contribution in [2.24, 2.45) is 5.92 Å². The van der Waals surface area contributed by atoms with E-state index >= 15 is 0 Å². The summed E-state index contributed by atoms with van der Waals surface area (Å²) >= 11 is 0. The molecular formula is C13H26N2O. The number of aliphatic hydroxyl groups is 1. The molecule has 0 spiro atoms. The first kappa shape index (κ1) is 12.3. The van der Waals surface area contributed by atoms with E-state index in [2.05, 4.69) is 10.2 Å². The van der Waals surface area contributed by atoms with Crippen LogP contribution in [0.4, 0.5) is 0 Å². The fourth-order valence-corrected chi connectivity index (χ4v) is 2.59. The predicted octanol–water partition coefficient (Wildman–Crippen LogP) is 1.22. The van der Waals surface area contributed by atoms with Crippen LogP contribution in [0.3, 0.4) is 0 Å². The average Bonchev–Trinajstić information content (AvgIpc) is 3.01. The standard InChI is InChI=1S/C13H26N2O/c16-11-13-4-3-9-15(13)8-2-1-7-14-10-12-5-6-12/h12-14,16H,1-11H2. The van der Waals surface area contributed by atoms with E-state index in [0.29, 0.717) is 12.6 Å². The molecule has 0 aromatic heterocycles. The zero-order valence-electron chi connectivity index (χ0n) is 10.3. The summed E-state index contributed by atoms with van der Waals surface area (Å²) < 4.78 is 0. The summed E-state index contributed by atoms with van der Waals surface area (Å²) in [7, 11) is 0. The summed E-state index contributed by atoms with van der Waals surface area (Å²) in [5.41, 5.74) is 0. The second kappa shape index (κ2) is 6.58. The molecule has 3 heteroatoms. The van der Waals surface area contributed by atoms with Crippen LogP contribution in [0.1, 0.15) is 38.5 Å². The lowest BCUT2D eigenvalue weighted by Crippen LogP contribution is -2.33. The highest BCUT2D eigenvalue weighted by Crippen LogP contribution is 2.27. The molecule has 2 N–H and O–H groups in total. The van der Waals surface area contributed by atoms with Gasteiger partial charge in [0, 0.05) is 6.04 Å². The molecule has 2 fully saturated rings. The van der Waals surface area contributed by atoms with Crippen LogP contribution in [-0.2, 0) is 0 Å². The van der Waals surface area contributed by atoms with E-state index in [0.717, 1.165) is 5.92 Å². The van der Waals surface area contributed by atoms with E-state index in [-0.39, 0.29) is 0 Å². The number of aliphatic hydroxyl groups excluding tert-OH is 1. The van der Waals surface area contributed by atoms with Crippen molar-refractivity contribution < 1.29 is 5.11 Å². The highest BCUT2D eigenvalue weighted by molar-refractivity contribution is 4.78. The fourth-order valence-electron chi connectivity index (χ4n) is 2.59. The summed E-state index contributed by atoms with van der Waals surface area (Å²) in [6.07, 6.45) is 7.90. The number of hydrogen-bond acceptors (Lipinski definition) is 3. The van der Waals surface area contributed by atoms with Crippen molar-refractivity contribution in [3.8, 4) is 0 Å².